The molecule has 1 aromatic carbocycles. The average Bonchev–Trinajstić information content (AvgIpc) is 2.29. The van der Waals surface area contributed by atoms with Crippen molar-refractivity contribution in [2.45, 2.75) is 32.2 Å². The molecule has 3 heteroatoms. The second-order valence-corrected chi connectivity index (χ2v) is 4.99. The van der Waals surface area contributed by atoms with Crippen molar-refractivity contribution in [1.29, 1.82) is 0 Å². The molecular formula is C13H18BrNO. The first kappa shape index (κ1) is 11.9. The number of hydrogen-bond donors (Lipinski definition) is 1. The highest BCUT2D eigenvalue weighted by atomic mass is 79.9. The number of rotatable bonds is 3. The SMILES string of the molecule is CCOc1cc(Br)c2c(c1)C(NC)CCC2. The highest BCUT2D eigenvalue weighted by molar-refractivity contribution is 9.10. The molecule has 1 aliphatic rings. The Morgan fingerprint density at radius 3 is 3.00 bits per heavy atom. The Hall–Kier alpha value is -0.540. The molecule has 0 heterocycles. The lowest BCUT2D eigenvalue weighted by Crippen LogP contribution is -2.21. The van der Waals surface area contributed by atoms with Crippen molar-refractivity contribution in [3.8, 4) is 5.75 Å². The molecule has 0 aliphatic heterocycles. The van der Waals surface area contributed by atoms with Crippen LogP contribution in [0.1, 0.15) is 36.9 Å². The van der Waals surface area contributed by atoms with E-state index in [9.17, 15) is 0 Å². The first-order valence-corrected chi connectivity index (χ1v) is 6.68. The molecule has 0 fully saturated rings. The van der Waals surface area contributed by atoms with Gasteiger partial charge in [-0.05, 0) is 56.5 Å². The molecule has 1 aliphatic carbocycles. The van der Waals surface area contributed by atoms with Crippen molar-refractivity contribution in [1.82, 2.24) is 5.32 Å². The van der Waals surface area contributed by atoms with Gasteiger partial charge in [0.05, 0.1) is 6.61 Å². The predicted molar refractivity (Wildman–Crippen MR) is 70.0 cm³/mol. The highest BCUT2D eigenvalue weighted by Gasteiger charge is 2.21. The van der Waals surface area contributed by atoms with Gasteiger partial charge in [-0.2, -0.15) is 0 Å². The van der Waals surface area contributed by atoms with Crippen LogP contribution in [0.5, 0.6) is 5.75 Å². The van der Waals surface area contributed by atoms with Crippen LogP contribution in [0.2, 0.25) is 0 Å². The maximum atomic E-state index is 5.59. The van der Waals surface area contributed by atoms with Gasteiger partial charge in [0.25, 0.3) is 0 Å². The summed E-state index contributed by atoms with van der Waals surface area (Å²) in [6.45, 7) is 2.73. The van der Waals surface area contributed by atoms with Crippen LogP contribution in [0.4, 0.5) is 0 Å². The molecule has 16 heavy (non-hydrogen) atoms. The van der Waals surface area contributed by atoms with Crippen molar-refractivity contribution in [2.75, 3.05) is 13.7 Å². The molecule has 1 N–H and O–H groups in total. The predicted octanol–water partition coefficient (Wildman–Crippen LogP) is 3.44. The van der Waals surface area contributed by atoms with Crippen LogP contribution < -0.4 is 10.1 Å². The van der Waals surface area contributed by atoms with E-state index < -0.39 is 0 Å². The standard InChI is InChI=1S/C13H18BrNO/c1-3-16-9-7-11-10(12(14)8-9)5-4-6-13(11)15-2/h7-8,13,15H,3-6H2,1-2H3. The zero-order valence-corrected chi connectivity index (χ0v) is 11.4. The largest absolute Gasteiger partial charge is 0.494 e. The van der Waals surface area contributed by atoms with E-state index in [1.54, 1.807) is 0 Å². The number of halogens is 1. The van der Waals surface area contributed by atoms with Gasteiger partial charge in [0.15, 0.2) is 0 Å². The molecule has 1 unspecified atom stereocenters. The molecule has 0 saturated heterocycles. The third-order valence-electron chi connectivity index (χ3n) is 3.16. The topological polar surface area (TPSA) is 21.3 Å². The minimum absolute atomic E-state index is 0.473. The minimum Gasteiger partial charge on any atom is -0.494 e. The molecule has 0 radical (unpaired) electrons. The zero-order chi connectivity index (χ0) is 11.5. The molecule has 1 atom stereocenters. The van der Waals surface area contributed by atoms with E-state index in [4.69, 9.17) is 4.74 Å². The van der Waals surface area contributed by atoms with Gasteiger partial charge in [-0.3, -0.25) is 0 Å². The van der Waals surface area contributed by atoms with Gasteiger partial charge < -0.3 is 10.1 Å². The summed E-state index contributed by atoms with van der Waals surface area (Å²) >= 11 is 3.65. The summed E-state index contributed by atoms with van der Waals surface area (Å²) in [5, 5.41) is 3.38. The van der Waals surface area contributed by atoms with Crippen LogP contribution in [-0.2, 0) is 6.42 Å². The van der Waals surface area contributed by atoms with Crippen LogP contribution in [0.25, 0.3) is 0 Å². The van der Waals surface area contributed by atoms with Crippen molar-refractivity contribution in [2.24, 2.45) is 0 Å². The number of hydrogen-bond acceptors (Lipinski definition) is 2. The maximum Gasteiger partial charge on any atom is 0.120 e. The number of fused-ring (bicyclic) bond motifs is 1. The summed E-state index contributed by atoms with van der Waals surface area (Å²) in [6.07, 6.45) is 3.64. The quantitative estimate of drug-likeness (QED) is 0.918. The molecule has 2 nitrogen and oxygen atoms in total. The van der Waals surface area contributed by atoms with Crippen molar-refractivity contribution in [3.63, 3.8) is 0 Å². The minimum atomic E-state index is 0.473. The van der Waals surface area contributed by atoms with Crippen molar-refractivity contribution >= 4 is 15.9 Å². The Morgan fingerprint density at radius 1 is 1.50 bits per heavy atom. The molecule has 0 spiro atoms. The molecule has 2 rings (SSSR count). The first-order valence-electron chi connectivity index (χ1n) is 5.88. The lowest BCUT2D eigenvalue weighted by Gasteiger charge is -2.26. The number of benzene rings is 1. The van der Waals surface area contributed by atoms with Crippen LogP contribution in [0.3, 0.4) is 0 Å². The monoisotopic (exact) mass is 283 g/mol. The van der Waals surface area contributed by atoms with E-state index >= 15 is 0 Å². The Kier molecular flexibility index (Phi) is 3.87. The Labute approximate surface area is 106 Å². The molecule has 0 bridgehead atoms. The number of ether oxygens (including phenoxy) is 1. The summed E-state index contributed by atoms with van der Waals surface area (Å²) in [5.74, 6) is 0.968. The number of nitrogens with one attached hydrogen (secondary N) is 1. The van der Waals surface area contributed by atoms with Gasteiger partial charge in [0, 0.05) is 10.5 Å². The Bertz CT molecular complexity index is 378. The molecule has 0 amide bonds. The van der Waals surface area contributed by atoms with Gasteiger partial charge in [-0.1, -0.05) is 15.9 Å². The zero-order valence-electron chi connectivity index (χ0n) is 9.85. The highest BCUT2D eigenvalue weighted by Crippen LogP contribution is 2.37. The van der Waals surface area contributed by atoms with E-state index in [0.29, 0.717) is 6.04 Å². The van der Waals surface area contributed by atoms with Gasteiger partial charge >= 0.3 is 0 Å². The molecule has 1 aromatic rings. The molecule has 0 saturated carbocycles. The van der Waals surface area contributed by atoms with Gasteiger partial charge in [-0.25, -0.2) is 0 Å². The van der Waals surface area contributed by atoms with E-state index in [2.05, 4.69) is 33.4 Å². The Morgan fingerprint density at radius 2 is 2.31 bits per heavy atom. The van der Waals surface area contributed by atoms with Gasteiger partial charge in [0.1, 0.15) is 5.75 Å². The average molecular weight is 284 g/mol. The fourth-order valence-electron chi connectivity index (χ4n) is 2.39. The van der Waals surface area contributed by atoms with Crippen LogP contribution in [0.15, 0.2) is 16.6 Å². The third kappa shape index (κ3) is 2.25. The summed E-state index contributed by atoms with van der Waals surface area (Å²) in [4.78, 5) is 0. The van der Waals surface area contributed by atoms with Gasteiger partial charge in [0.2, 0.25) is 0 Å². The molecule has 88 valence electrons. The first-order chi connectivity index (χ1) is 7.76. The van der Waals surface area contributed by atoms with Gasteiger partial charge in [-0.15, -0.1) is 0 Å². The summed E-state index contributed by atoms with van der Waals surface area (Å²) in [7, 11) is 2.03. The fraction of sp³-hybridized carbons (Fsp3) is 0.538. The van der Waals surface area contributed by atoms with Crippen LogP contribution in [0, 0.1) is 0 Å². The summed E-state index contributed by atoms with van der Waals surface area (Å²) in [5.41, 5.74) is 2.83. The van der Waals surface area contributed by atoms with E-state index in [1.807, 2.05) is 14.0 Å². The lowest BCUT2D eigenvalue weighted by molar-refractivity contribution is 0.338. The van der Waals surface area contributed by atoms with E-state index in [0.717, 1.165) is 12.4 Å². The summed E-state index contributed by atoms with van der Waals surface area (Å²) < 4.78 is 6.78. The second kappa shape index (κ2) is 5.19. The molecular weight excluding hydrogens is 266 g/mol. The van der Waals surface area contributed by atoms with Crippen molar-refractivity contribution in [3.05, 3.63) is 27.7 Å². The van der Waals surface area contributed by atoms with Crippen LogP contribution >= 0.6 is 15.9 Å². The van der Waals surface area contributed by atoms with Crippen LogP contribution in [-0.4, -0.2) is 13.7 Å². The lowest BCUT2D eigenvalue weighted by atomic mass is 9.87. The van der Waals surface area contributed by atoms with Crippen molar-refractivity contribution < 1.29 is 4.74 Å². The smallest absolute Gasteiger partial charge is 0.120 e. The maximum absolute atomic E-state index is 5.59. The third-order valence-corrected chi connectivity index (χ3v) is 3.87. The fourth-order valence-corrected chi connectivity index (χ4v) is 3.05. The normalized spacial score (nSPS) is 19.3. The summed E-state index contributed by atoms with van der Waals surface area (Å²) in [6, 6.07) is 4.74. The van der Waals surface area contributed by atoms with E-state index in [-0.39, 0.29) is 0 Å². The second-order valence-electron chi connectivity index (χ2n) is 4.14. The Balaban J connectivity index is 2.41. The molecule has 0 aromatic heterocycles. The van der Waals surface area contributed by atoms with E-state index in [1.165, 1.54) is 34.9 Å².